The highest BCUT2D eigenvalue weighted by Gasteiger charge is 2.27. The monoisotopic (exact) mass is 750 g/mol. The number of rotatable bonds is 6. The normalized spacial score (nSPS) is 11.7. The van der Waals surface area contributed by atoms with Crippen molar-refractivity contribution in [2.45, 2.75) is 0 Å². The molecule has 0 saturated heterocycles. The van der Waals surface area contributed by atoms with Crippen LogP contribution >= 0.6 is 0 Å². The topological polar surface area (TPSA) is 38.9 Å². The van der Waals surface area contributed by atoms with Crippen molar-refractivity contribution in [2.75, 3.05) is 0 Å². The maximum atomic E-state index is 6.49. The van der Waals surface area contributed by atoms with Crippen LogP contribution in [0.1, 0.15) is 0 Å². The Morgan fingerprint density at radius 1 is 0.305 bits per heavy atom. The van der Waals surface area contributed by atoms with Gasteiger partial charge >= 0.3 is 0 Å². The number of fused-ring (bicyclic) bond motifs is 7. The van der Waals surface area contributed by atoms with Crippen molar-refractivity contribution in [1.29, 1.82) is 0 Å². The van der Waals surface area contributed by atoms with Crippen LogP contribution in [0.2, 0.25) is 0 Å². The first kappa shape index (κ1) is 33.3. The minimum absolute atomic E-state index is 0.697. The molecule has 0 saturated carbocycles. The zero-order valence-corrected chi connectivity index (χ0v) is 31.9. The molecular formula is C56H34N2O. The predicted molar refractivity (Wildman–Crippen MR) is 244 cm³/mol. The fraction of sp³-hybridized carbons (Fsp3) is 0. The van der Waals surface area contributed by atoms with Crippen LogP contribution in [0.15, 0.2) is 211 Å². The molecule has 1 aliphatic carbocycles. The molecule has 59 heavy (non-hydrogen) atoms. The van der Waals surface area contributed by atoms with E-state index in [4.69, 9.17) is 14.4 Å². The summed E-state index contributed by atoms with van der Waals surface area (Å²) >= 11 is 0. The molecule has 2 aromatic heterocycles. The SMILES string of the molecule is c1ccc(-c2ccc(-c3nc(-c4ccccc4)cc(-c4cccc(-c5cccc(-c6cccc7c6-c6cc8c9ccccc9oc8c8cccc-7c68)c5)c4)n3)cc2)cc1. The van der Waals surface area contributed by atoms with E-state index in [-0.39, 0.29) is 0 Å². The Morgan fingerprint density at radius 2 is 0.847 bits per heavy atom. The minimum atomic E-state index is 0.697. The van der Waals surface area contributed by atoms with E-state index in [1.807, 2.05) is 18.2 Å². The zero-order valence-electron chi connectivity index (χ0n) is 31.9. The lowest BCUT2D eigenvalue weighted by atomic mass is 9.91. The molecule has 0 spiro atoms. The first-order valence-electron chi connectivity index (χ1n) is 20.1. The van der Waals surface area contributed by atoms with Gasteiger partial charge in [0.1, 0.15) is 11.2 Å². The lowest BCUT2D eigenvalue weighted by Gasteiger charge is -2.13. The van der Waals surface area contributed by atoms with Crippen molar-refractivity contribution in [2.24, 2.45) is 0 Å². The van der Waals surface area contributed by atoms with Crippen molar-refractivity contribution < 1.29 is 4.42 Å². The van der Waals surface area contributed by atoms with E-state index in [9.17, 15) is 0 Å². The first-order chi connectivity index (χ1) is 29.2. The van der Waals surface area contributed by atoms with Crippen LogP contribution in [0.5, 0.6) is 0 Å². The lowest BCUT2D eigenvalue weighted by molar-refractivity contribution is 0.672. The van der Waals surface area contributed by atoms with Crippen molar-refractivity contribution in [3.8, 4) is 89.5 Å². The van der Waals surface area contributed by atoms with Gasteiger partial charge in [-0.05, 0) is 86.0 Å². The summed E-state index contributed by atoms with van der Waals surface area (Å²) in [6.45, 7) is 0. The van der Waals surface area contributed by atoms with Crippen LogP contribution in [0.4, 0.5) is 0 Å². The molecule has 2 heterocycles. The molecule has 0 amide bonds. The Morgan fingerprint density at radius 3 is 1.64 bits per heavy atom. The molecule has 1 aliphatic rings. The van der Waals surface area contributed by atoms with Crippen LogP contribution in [0.25, 0.3) is 122 Å². The molecule has 9 aromatic carbocycles. The second-order valence-electron chi connectivity index (χ2n) is 15.3. The van der Waals surface area contributed by atoms with E-state index < -0.39 is 0 Å². The molecule has 274 valence electrons. The maximum absolute atomic E-state index is 6.49. The van der Waals surface area contributed by atoms with Gasteiger partial charge in [-0.25, -0.2) is 9.97 Å². The number of furan rings is 1. The summed E-state index contributed by atoms with van der Waals surface area (Å²) in [5.74, 6) is 0.697. The molecule has 0 N–H and O–H groups in total. The van der Waals surface area contributed by atoms with Gasteiger partial charge in [-0.15, -0.1) is 0 Å². The van der Waals surface area contributed by atoms with Crippen LogP contribution < -0.4 is 0 Å². The third kappa shape index (κ3) is 5.51. The molecule has 11 aromatic rings. The number of hydrogen-bond acceptors (Lipinski definition) is 3. The summed E-state index contributed by atoms with van der Waals surface area (Å²) in [7, 11) is 0. The van der Waals surface area contributed by atoms with Crippen LogP contribution in [-0.2, 0) is 0 Å². The van der Waals surface area contributed by atoms with E-state index in [2.05, 4.69) is 188 Å². The van der Waals surface area contributed by atoms with Gasteiger partial charge in [0.15, 0.2) is 5.82 Å². The molecule has 0 aliphatic heterocycles. The summed E-state index contributed by atoms with van der Waals surface area (Å²) in [5, 5.41) is 4.72. The van der Waals surface area contributed by atoms with Gasteiger partial charge in [-0.1, -0.05) is 176 Å². The Bertz CT molecular complexity index is 3420. The number of hydrogen-bond donors (Lipinski definition) is 0. The molecule has 3 nitrogen and oxygen atoms in total. The zero-order chi connectivity index (χ0) is 38.9. The highest BCUT2D eigenvalue weighted by Crippen LogP contribution is 2.53. The molecule has 0 fully saturated rings. The third-order valence-electron chi connectivity index (χ3n) is 11.8. The van der Waals surface area contributed by atoms with Crippen LogP contribution in [-0.4, -0.2) is 9.97 Å². The quantitative estimate of drug-likeness (QED) is 0.170. The van der Waals surface area contributed by atoms with E-state index in [1.54, 1.807) is 0 Å². The number of aromatic nitrogens is 2. The molecule has 0 atom stereocenters. The van der Waals surface area contributed by atoms with Gasteiger partial charge in [0.25, 0.3) is 0 Å². The maximum Gasteiger partial charge on any atom is 0.160 e. The van der Waals surface area contributed by atoms with E-state index in [0.717, 1.165) is 72.1 Å². The summed E-state index contributed by atoms with van der Waals surface area (Å²) < 4.78 is 6.49. The van der Waals surface area contributed by atoms with Crippen molar-refractivity contribution in [1.82, 2.24) is 9.97 Å². The summed E-state index contributed by atoms with van der Waals surface area (Å²) in [4.78, 5) is 10.3. The van der Waals surface area contributed by atoms with Gasteiger partial charge in [0, 0.05) is 38.2 Å². The summed E-state index contributed by atoms with van der Waals surface area (Å²) in [6, 6.07) is 73.2. The summed E-state index contributed by atoms with van der Waals surface area (Å²) in [6.07, 6.45) is 0. The molecule has 0 unspecified atom stereocenters. The highest BCUT2D eigenvalue weighted by atomic mass is 16.3. The Kier molecular flexibility index (Phi) is 7.54. The number of benzene rings is 9. The highest BCUT2D eigenvalue weighted by molar-refractivity contribution is 6.27. The smallest absolute Gasteiger partial charge is 0.160 e. The van der Waals surface area contributed by atoms with Gasteiger partial charge in [-0.2, -0.15) is 0 Å². The van der Waals surface area contributed by atoms with Gasteiger partial charge in [-0.3, -0.25) is 0 Å². The number of para-hydroxylation sites is 1. The molecule has 0 bridgehead atoms. The van der Waals surface area contributed by atoms with Gasteiger partial charge < -0.3 is 4.42 Å². The summed E-state index contributed by atoms with van der Waals surface area (Å²) in [5.41, 5.74) is 18.8. The van der Waals surface area contributed by atoms with Crippen LogP contribution in [0.3, 0.4) is 0 Å². The molecule has 0 radical (unpaired) electrons. The second kappa shape index (κ2) is 13.4. The average Bonchev–Trinajstić information content (AvgIpc) is 3.86. The Hall–Kier alpha value is -7.88. The van der Waals surface area contributed by atoms with Crippen LogP contribution in [0, 0.1) is 0 Å². The van der Waals surface area contributed by atoms with Crippen molar-refractivity contribution in [3.63, 3.8) is 0 Å². The fourth-order valence-electron chi connectivity index (χ4n) is 9.03. The third-order valence-corrected chi connectivity index (χ3v) is 11.8. The number of nitrogens with zero attached hydrogens (tertiary/aromatic N) is 2. The van der Waals surface area contributed by atoms with Crippen molar-refractivity contribution >= 4 is 32.7 Å². The van der Waals surface area contributed by atoms with Gasteiger partial charge in [0.05, 0.1) is 11.4 Å². The molecular weight excluding hydrogens is 717 g/mol. The minimum Gasteiger partial charge on any atom is -0.455 e. The average molecular weight is 751 g/mol. The standard InChI is InChI=1S/C56H34N2O/c1-3-13-35(14-4-1)36-27-29-38(30-28-36)56-57-50(37-15-5-2-6-16-37)34-51(58-56)42-20-10-18-40(32-42)39-17-9-19-41(31-39)43-22-11-23-45-46-24-12-25-47-54(46)49(53(43)45)33-48-44-21-7-8-26-52(44)59-55(47)48/h1-34H. The lowest BCUT2D eigenvalue weighted by Crippen LogP contribution is -1.96. The Labute approximate surface area is 341 Å². The fourth-order valence-corrected chi connectivity index (χ4v) is 9.03. The van der Waals surface area contributed by atoms with E-state index in [1.165, 1.54) is 44.3 Å². The molecule has 3 heteroatoms. The Balaban J connectivity index is 0.953. The molecule has 12 rings (SSSR count). The van der Waals surface area contributed by atoms with E-state index in [0.29, 0.717) is 5.82 Å². The van der Waals surface area contributed by atoms with E-state index >= 15 is 0 Å². The predicted octanol–water partition coefficient (Wildman–Crippen LogP) is 15.2. The van der Waals surface area contributed by atoms with Gasteiger partial charge in [0.2, 0.25) is 0 Å². The van der Waals surface area contributed by atoms with Crippen molar-refractivity contribution in [3.05, 3.63) is 206 Å². The second-order valence-corrected chi connectivity index (χ2v) is 15.3. The first-order valence-corrected chi connectivity index (χ1v) is 20.1. The largest absolute Gasteiger partial charge is 0.455 e.